The first kappa shape index (κ1) is 9.24. The minimum Gasteiger partial charge on any atom is -0.290 e. The molecule has 0 amide bonds. The molecule has 1 rings (SSSR count). The Morgan fingerprint density at radius 2 is 2.00 bits per heavy atom. The van der Waals surface area contributed by atoms with Gasteiger partial charge in [0.25, 0.3) is 0 Å². The molecule has 0 bridgehead atoms. The van der Waals surface area contributed by atoms with Crippen LogP contribution in [0.1, 0.15) is 27.7 Å². The zero-order valence-electron chi connectivity index (χ0n) is 8.22. The average Bonchev–Trinajstić information content (AvgIpc) is 1.97. The van der Waals surface area contributed by atoms with Crippen molar-refractivity contribution in [3.05, 3.63) is 23.8 Å². The molecule has 0 heterocycles. The molecule has 1 unspecified atom stereocenters. The maximum atomic E-state index is 11.0. The molecule has 0 aliphatic heterocycles. The highest BCUT2D eigenvalue weighted by Gasteiger charge is 2.29. The molecule has 0 saturated carbocycles. The molecule has 0 aromatic heterocycles. The maximum absolute atomic E-state index is 11.0. The Balaban J connectivity index is 3.02. The number of carbonyl (C=O) groups excluding carboxylic acids is 1. The van der Waals surface area contributed by atoms with Gasteiger partial charge in [-0.05, 0) is 25.0 Å². The van der Waals surface area contributed by atoms with Crippen molar-refractivity contribution in [3.8, 4) is 0 Å². The molecule has 0 radical (unpaired) electrons. The highest BCUT2D eigenvalue weighted by atomic mass is 16.1. The Labute approximate surface area is 74.2 Å². The lowest BCUT2D eigenvalue weighted by molar-refractivity contribution is -0.110. The van der Waals surface area contributed by atoms with E-state index >= 15 is 0 Å². The largest absolute Gasteiger partial charge is 0.290 e. The minimum absolute atomic E-state index is 0.0773. The van der Waals surface area contributed by atoms with Crippen molar-refractivity contribution < 1.29 is 4.79 Å². The Hall–Kier alpha value is -0.850. The van der Waals surface area contributed by atoms with Gasteiger partial charge in [-0.25, -0.2) is 0 Å². The van der Waals surface area contributed by atoms with Gasteiger partial charge in [0.05, 0.1) is 0 Å². The fourth-order valence-electron chi connectivity index (χ4n) is 1.45. The van der Waals surface area contributed by atoms with E-state index in [0.29, 0.717) is 5.92 Å². The molecule has 0 aromatic rings. The van der Waals surface area contributed by atoms with Gasteiger partial charge in [0.15, 0.2) is 5.78 Å². The highest BCUT2D eigenvalue weighted by molar-refractivity contribution is 6.01. The molecule has 1 atom stereocenters. The van der Waals surface area contributed by atoms with Gasteiger partial charge >= 0.3 is 0 Å². The van der Waals surface area contributed by atoms with Crippen LogP contribution in [0.25, 0.3) is 0 Å². The van der Waals surface area contributed by atoms with Crippen molar-refractivity contribution in [2.24, 2.45) is 11.3 Å². The monoisotopic (exact) mass is 164 g/mol. The lowest BCUT2D eigenvalue weighted by atomic mass is 9.71. The van der Waals surface area contributed by atoms with Crippen molar-refractivity contribution in [2.45, 2.75) is 27.7 Å². The topological polar surface area (TPSA) is 17.1 Å². The predicted molar refractivity (Wildman–Crippen MR) is 50.8 cm³/mol. The number of hydrogen-bond donors (Lipinski definition) is 0. The van der Waals surface area contributed by atoms with Crippen LogP contribution in [0.5, 0.6) is 0 Å². The Kier molecular flexibility index (Phi) is 2.22. The molecule has 0 fully saturated rings. The molecular weight excluding hydrogens is 148 g/mol. The summed E-state index contributed by atoms with van der Waals surface area (Å²) in [6.07, 6.45) is 5.43. The van der Waals surface area contributed by atoms with Crippen LogP contribution in [0.4, 0.5) is 0 Å². The summed E-state index contributed by atoms with van der Waals surface area (Å²) >= 11 is 0. The first-order valence-electron chi connectivity index (χ1n) is 4.39. The Morgan fingerprint density at radius 3 is 2.42 bits per heavy atom. The van der Waals surface area contributed by atoms with E-state index < -0.39 is 0 Å². The molecule has 1 aliphatic rings. The van der Waals surface area contributed by atoms with E-state index in [1.807, 2.05) is 13.0 Å². The lowest BCUT2D eigenvalue weighted by Crippen LogP contribution is -2.25. The fraction of sp³-hybridized carbons (Fsp3) is 0.545. The Bertz CT molecular complexity index is 258. The second kappa shape index (κ2) is 2.89. The summed E-state index contributed by atoms with van der Waals surface area (Å²) in [5.41, 5.74) is 1.25. The summed E-state index contributed by atoms with van der Waals surface area (Å²) in [6.45, 7) is 8.56. The van der Waals surface area contributed by atoms with Crippen molar-refractivity contribution >= 4 is 5.78 Å². The molecular formula is C11H16O. The van der Waals surface area contributed by atoms with Crippen LogP contribution in [0, 0.1) is 11.3 Å². The van der Waals surface area contributed by atoms with E-state index in [0.717, 1.165) is 0 Å². The van der Waals surface area contributed by atoms with E-state index in [4.69, 9.17) is 0 Å². The molecule has 1 heteroatoms. The Morgan fingerprint density at radius 1 is 1.42 bits per heavy atom. The van der Waals surface area contributed by atoms with Crippen molar-refractivity contribution in [2.75, 3.05) is 0 Å². The summed E-state index contributed by atoms with van der Waals surface area (Å²) in [5, 5.41) is 0. The van der Waals surface area contributed by atoms with Crippen LogP contribution in [0.2, 0.25) is 0 Å². The summed E-state index contributed by atoms with van der Waals surface area (Å²) < 4.78 is 0. The molecule has 0 spiro atoms. The zero-order valence-corrected chi connectivity index (χ0v) is 8.22. The van der Waals surface area contributed by atoms with Crippen molar-refractivity contribution in [1.82, 2.24) is 0 Å². The number of allylic oxidation sites excluding steroid dienone is 4. The third-order valence-electron chi connectivity index (χ3n) is 3.00. The average molecular weight is 164 g/mol. The molecule has 1 nitrogen and oxygen atoms in total. The SMILES string of the molecule is CC1=CC(=O)C=CC1(C)C(C)C. The van der Waals surface area contributed by atoms with Gasteiger partial charge in [-0.3, -0.25) is 4.79 Å². The van der Waals surface area contributed by atoms with Crippen LogP contribution in [-0.2, 0) is 4.79 Å². The zero-order chi connectivity index (χ0) is 9.35. The van der Waals surface area contributed by atoms with Gasteiger partial charge in [0.1, 0.15) is 0 Å². The van der Waals surface area contributed by atoms with E-state index in [9.17, 15) is 4.79 Å². The van der Waals surface area contributed by atoms with Crippen LogP contribution in [-0.4, -0.2) is 5.78 Å². The van der Waals surface area contributed by atoms with Crippen LogP contribution in [0.3, 0.4) is 0 Å². The second-order valence-corrected chi connectivity index (χ2v) is 4.00. The number of hydrogen-bond acceptors (Lipinski definition) is 1. The fourth-order valence-corrected chi connectivity index (χ4v) is 1.45. The number of ketones is 1. The molecule has 0 aromatic carbocycles. The lowest BCUT2D eigenvalue weighted by Gasteiger charge is -2.33. The predicted octanol–water partition coefficient (Wildman–Crippen LogP) is 2.73. The minimum atomic E-state index is 0.0773. The van der Waals surface area contributed by atoms with E-state index in [2.05, 4.69) is 20.8 Å². The molecule has 66 valence electrons. The van der Waals surface area contributed by atoms with E-state index in [1.165, 1.54) is 5.57 Å². The summed E-state index contributed by atoms with van der Waals surface area (Å²) in [6, 6.07) is 0. The van der Waals surface area contributed by atoms with Crippen molar-refractivity contribution in [3.63, 3.8) is 0 Å². The quantitative estimate of drug-likeness (QED) is 0.582. The summed E-state index contributed by atoms with van der Waals surface area (Å²) in [7, 11) is 0. The van der Waals surface area contributed by atoms with Crippen LogP contribution >= 0.6 is 0 Å². The maximum Gasteiger partial charge on any atom is 0.178 e. The van der Waals surface area contributed by atoms with E-state index in [-0.39, 0.29) is 11.2 Å². The van der Waals surface area contributed by atoms with Gasteiger partial charge in [0.2, 0.25) is 0 Å². The second-order valence-electron chi connectivity index (χ2n) is 4.00. The normalized spacial score (nSPS) is 29.4. The van der Waals surface area contributed by atoms with Gasteiger partial charge in [-0.15, -0.1) is 0 Å². The third-order valence-corrected chi connectivity index (χ3v) is 3.00. The number of rotatable bonds is 1. The first-order valence-corrected chi connectivity index (χ1v) is 4.39. The van der Waals surface area contributed by atoms with Crippen molar-refractivity contribution in [1.29, 1.82) is 0 Å². The number of carbonyl (C=O) groups is 1. The standard InChI is InChI=1S/C11H16O/c1-8(2)11(4)6-5-10(12)7-9(11)3/h5-8H,1-4H3. The van der Waals surface area contributed by atoms with Gasteiger partial charge in [0, 0.05) is 5.41 Å². The molecule has 0 saturated heterocycles. The van der Waals surface area contributed by atoms with Gasteiger partial charge in [-0.2, -0.15) is 0 Å². The molecule has 12 heavy (non-hydrogen) atoms. The summed E-state index contributed by atoms with van der Waals surface area (Å²) in [5.74, 6) is 0.656. The highest BCUT2D eigenvalue weighted by Crippen LogP contribution is 2.38. The molecule has 1 aliphatic carbocycles. The first-order chi connectivity index (χ1) is 5.47. The molecule has 0 N–H and O–H groups in total. The smallest absolute Gasteiger partial charge is 0.178 e. The summed E-state index contributed by atoms with van der Waals surface area (Å²) in [4.78, 5) is 11.0. The van der Waals surface area contributed by atoms with Gasteiger partial charge in [-0.1, -0.05) is 32.4 Å². The van der Waals surface area contributed by atoms with Gasteiger partial charge < -0.3 is 0 Å². The van der Waals surface area contributed by atoms with E-state index in [1.54, 1.807) is 12.2 Å². The van der Waals surface area contributed by atoms with Crippen LogP contribution < -0.4 is 0 Å². The third kappa shape index (κ3) is 1.36. The van der Waals surface area contributed by atoms with Crippen LogP contribution in [0.15, 0.2) is 23.8 Å².